The second-order valence-corrected chi connectivity index (χ2v) is 8.15. The van der Waals surface area contributed by atoms with Crippen molar-refractivity contribution in [2.45, 2.75) is 31.6 Å². The van der Waals surface area contributed by atoms with E-state index in [1.54, 1.807) is 0 Å². The first-order valence-electron chi connectivity index (χ1n) is 10.9. The van der Waals surface area contributed by atoms with E-state index in [-0.39, 0.29) is 18.6 Å². The van der Waals surface area contributed by atoms with Crippen LogP contribution in [0, 0.1) is 11.8 Å². The Labute approximate surface area is 183 Å². The topological polar surface area (TPSA) is 84.9 Å². The molecule has 31 heavy (non-hydrogen) atoms. The van der Waals surface area contributed by atoms with Gasteiger partial charge < -0.3 is 19.9 Å². The molecule has 0 aliphatic heterocycles. The molecule has 0 bridgehead atoms. The van der Waals surface area contributed by atoms with Gasteiger partial charge in [-0.3, -0.25) is 0 Å². The normalized spacial score (nSPS) is 18.5. The zero-order chi connectivity index (χ0) is 21.9. The van der Waals surface area contributed by atoms with E-state index < -0.39 is 5.97 Å². The molecule has 0 heterocycles. The van der Waals surface area contributed by atoms with Crippen molar-refractivity contribution in [2.24, 2.45) is 11.8 Å². The van der Waals surface area contributed by atoms with Crippen molar-refractivity contribution in [1.29, 1.82) is 0 Å². The molecule has 0 saturated heterocycles. The Balaban J connectivity index is 1.41. The van der Waals surface area contributed by atoms with Crippen molar-refractivity contribution in [2.75, 3.05) is 26.4 Å². The molecule has 1 fully saturated rings. The summed E-state index contributed by atoms with van der Waals surface area (Å²) >= 11 is 0. The average molecular weight is 426 g/mol. The van der Waals surface area contributed by atoms with Gasteiger partial charge in [-0.15, -0.1) is 0 Å². The quantitative estimate of drug-likeness (QED) is 0.587. The first-order chi connectivity index (χ1) is 15.1. The lowest BCUT2D eigenvalue weighted by Gasteiger charge is -2.28. The number of rotatable bonds is 10. The van der Waals surface area contributed by atoms with Crippen LogP contribution in [-0.2, 0) is 14.3 Å². The van der Waals surface area contributed by atoms with Crippen LogP contribution < -0.4 is 5.32 Å². The van der Waals surface area contributed by atoms with Crippen LogP contribution in [0.5, 0.6) is 0 Å². The van der Waals surface area contributed by atoms with Crippen LogP contribution in [0.15, 0.2) is 60.7 Å². The van der Waals surface area contributed by atoms with Gasteiger partial charge in [0, 0.05) is 12.5 Å². The SMILES string of the molecule is O=C(O)COC[C@H]1CC[C@H](COC(=O)NCC(c2ccccc2)c2ccccc2)CC1. The predicted molar refractivity (Wildman–Crippen MR) is 118 cm³/mol. The first-order valence-corrected chi connectivity index (χ1v) is 10.9. The van der Waals surface area contributed by atoms with Gasteiger partial charge in [-0.25, -0.2) is 9.59 Å². The van der Waals surface area contributed by atoms with E-state index in [4.69, 9.17) is 14.6 Å². The molecule has 2 N–H and O–H groups in total. The number of benzene rings is 2. The zero-order valence-electron chi connectivity index (χ0n) is 17.7. The van der Waals surface area contributed by atoms with Gasteiger partial charge in [-0.2, -0.15) is 0 Å². The maximum absolute atomic E-state index is 12.3. The molecule has 1 aliphatic carbocycles. The van der Waals surface area contributed by atoms with Gasteiger partial charge in [-0.05, 0) is 48.6 Å². The molecular weight excluding hydrogens is 394 g/mol. The summed E-state index contributed by atoms with van der Waals surface area (Å²) in [5, 5.41) is 11.6. The minimum absolute atomic E-state index is 0.0659. The standard InChI is InChI=1S/C25H31NO5/c27-24(28)18-30-16-19-11-13-20(14-12-19)17-31-25(29)26-15-23(21-7-3-1-4-8-21)22-9-5-2-6-10-22/h1-10,19-20,23H,11-18H2,(H,26,29)(H,27,28)/t19-,20-. The number of nitrogens with one attached hydrogen (secondary N) is 1. The Morgan fingerprint density at radius 2 is 1.39 bits per heavy atom. The van der Waals surface area contributed by atoms with Gasteiger partial charge in [0.1, 0.15) is 6.61 Å². The zero-order valence-corrected chi connectivity index (χ0v) is 17.7. The maximum atomic E-state index is 12.3. The third kappa shape index (κ3) is 7.72. The molecule has 0 spiro atoms. The molecule has 1 saturated carbocycles. The number of aliphatic carboxylic acids is 1. The maximum Gasteiger partial charge on any atom is 0.407 e. The molecule has 2 aromatic rings. The molecule has 0 radical (unpaired) electrons. The summed E-state index contributed by atoms with van der Waals surface area (Å²) in [7, 11) is 0. The highest BCUT2D eigenvalue weighted by Gasteiger charge is 2.23. The van der Waals surface area contributed by atoms with Crippen LogP contribution in [0.2, 0.25) is 0 Å². The van der Waals surface area contributed by atoms with Gasteiger partial charge in [0.25, 0.3) is 0 Å². The highest BCUT2D eigenvalue weighted by Crippen LogP contribution is 2.29. The van der Waals surface area contributed by atoms with Crippen molar-refractivity contribution in [3.63, 3.8) is 0 Å². The molecule has 0 unspecified atom stereocenters. The largest absolute Gasteiger partial charge is 0.480 e. The lowest BCUT2D eigenvalue weighted by atomic mass is 9.83. The highest BCUT2D eigenvalue weighted by atomic mass is 16.5. The molecule has 1 amide bonds. The van der Waals surface area contributed by atoms with E-state index in [0.717, 1.165) is 36.8 Å². The third-order valence-corrected chi connectivity index (χ3v) is 5.85. The lowest BCUT2D eigenvalue weighted by Crippen LogP contribution is -2.31. The Morgan fingerprint density at radius 1 is 0.871 bits per heavy atom. The van der Waals surface area contributed by atoms with Crippen molar-refractivity contribution in [3.05, 3.63) is 71.8 Å². The van der Waals surface area contributed by atoms with E-state index in [2.05, 4.69) is 29.6 Å². The minimum atomic E-state index is -0.935. The molecule has 6 heteroatoms. The van der Waals surface area contributed by atoms with Gasteiger partial charge in [-0.1, -0.05) is 60.7 Å². The van der Waals surface area contributed by atoms with Gasteiger partial charge >= 0.3 is 12.1 Å². The van der Waals surface area contributed by atoms with Crippen LogP contribution in [0.3, 0.4) is 0 Å². The van der Waals surface area contributed by atoms with Crippen molar-refractivity contribution in [3.8, 4) is 0 Å². The Kier molecular flexibility index (Phi) is 8.91. The van der Waals surface area contributed by atoms with E-state index in [0.29, 0.717) is 31.6 Å². The fourth-order valence-corrected chi connectivity index (χ4v) is 4.11. The van der Waals surface area contributed by atoms with Crippen LogP contribution in [0.1, 0.15) is 42.7 Å². The molecule has 3 rings (SSSR count). The lowest BCUT2D eigenvalue weighted by molar-refractivity contribution is -0.142. The molecule has 2 aromatic carbocycles. The second-order valence-electron chi connectivity index (χ2n) is 8.15. The Bertz CT molecular complexity index is 764. The van der Waals surface area contributed by atoms with Crippen LogP contribution in [-0.4, -0.2) is 43.5 Å². The summed E-state index contributed by atoms with van der Waals surface area (Å²) < 4.78 is 10.7. The third-order valence-electron chi connectivity index (χ3n) is 5.85. The minimum Gasteiger partial charge on any atom is -0.480 e. The van der Waals surface area contributed by atoms with Crippen LogP contribution >= 0.6 is 0 Å². The number of carbonyl (C=O) groups is 2. The Hall–Kier alpha value is -2.86. The predicted octanol–water partition coefficient (Wildman–Crippen LogP) is 4.45. The van der Waals surface area contributed by atoms with Crippen molar-refractivity contribution >= 4 is 12.1 Å². The molecular formula is C25H31NO5. The number of carboxylic acid groups (broad SMARTS) is 1. The number of ether oxygens (including phenoxy) is 2. The number of carbonyl (C=O) groups excluding carboxylic acids is 1. The van der Waals surface area contributed by atoms with Crippen LogP contribution in [0.4, 0.5) is 4.79 Å². The van der Waals surface area contributed by atoms with Crippen LogP contribution in [0.25, 0.3) is 0 Å². The van der Waals surface area contributed by atoms with Crippen molar-refractivity contribution < 1.29 is 24.2 Å². The number of carboxylic acids is 1. The van der Waals surface area contributed by atoms with Gasteiger partial charge in [0.05, 0.1) is 13.2 Å². The van der Waals surface area contributed by atoms with E-state index in [1.807, 2.05) is 36.4 Å². The van der Waals surface area contributed by atoms with E-state index in [9.17, 15) is 9.59 Å². The molecule has 1 aliphatic rings. The fourth-order valence-electron chi connectivity index (χ4n) is 4.11. The summed E-state index contributed by atoms with van der Waals surface area (Å²) in [5.41, 5.74) is 2.30. The fraction of sp³-hybridized carbons (Fsp3) is 0.440. The number of alkyl carbamates (subject to hydrolysis) is 1. The number of hydrogen-bond acceptors (Lipinski definition) is 4. The molecule has 6 nitrogen and oxygen atoms in total. The van der Waals surface area contributed by atoms with Crippen molar-refractivity contribution in [1.82, 2.24) is 5.32 Å². The van der Waals surface area contributed by atoms with E-state index in [1.165, 1.54) is 0 Å². The average Bonchev–Trinajstić information content (AvgIpc) is 2.80. The molecule has 0 aromatic heterocycles. The van der Waals surface area contributed by atoms with Gasteiger partial charge in [0.2, 0.25) is 0 Å². The smallest absolute Gasteiger partial charge is 0.407 e. The summed E-state index contributed by atoms with van der Waals surface area (Å²) in [5.74, 6) is -0.131. The monoisotopic (exact) mass is 425 g/mol. The summed E-state index contributed by atoms with van der Waals surface area (Å²) in [6, 6.07) is 20.3. The van der Waals surface area contributed by atoms with Gasteiger partial charge in [0.15, 0.2) is 0 Å². The molecule has 0 atom stereocenters. The molecule has 166 valence electrons. The summed E-state index contributed by atoms with van der Waals surface area (Å²) in [6.07, 6.45) is 3.48. The Morgan fingerprint density at radius 3 is 1.90 bits per heavy atom. The second kappa shape index (κ2) is 12.1. The van der Waals surface area contributed by atoms with E-state index >= 15 is 0 Å². The summed E-state index contributed by atoms with van der Waals surface area (Å²) in [4.78, 5) is 22.8. The summed E-state index contributed by atoms with van der Waals surface area (Å²) in [6.45, 7) is 1.13. The number of amides is 1. The number of hydrogen-bond donors (Lipinski definition) is 2. The highest BCUT2D eigenvalue weighted by molar-refractivity contribution is 5.68. The first kappa shape index (κ1) is 22.8.